The molecule has 0 aliphatic heterocycles. The lowest BCUT2D eigenvalue weighted by molar-refractivity contribution is -0.122. The summed E-state index contributed by atoms with van der Waals surface area (Å²) >= 11 is 0. The van der Waals surface area contributed by atoms with Crippen molar-refractivity contribution in [1.29, 1.82) is 0 Å². The molecule has 1 atom stereocenters. The Morgan fingerprint density at radius 1 is 1.38 bits per heavy atom. The first-order valence-corrected chi connectivity index (χ1v) is 6.23. The van der Waals surface area contributed by atoms with Gasteiger partial charge in [-0.15, -0.1) is 0 Å². The van der Waals surface area contributed by atoms with Crippen molar-refractivity contribution in [2.75, 3.05) is 20.1 Å². The van der Waals surface area contributed by atoms with Gasteiger partial charge in [0.15, 0.2) is 0 Å². The Morgan fingerprint density at radius 2 is 1.94 bits per heavy atom. The zero-order valence-electron chi connectivity index (χ0n) is 11.1. The van der Waals surface area contributed by atoms with E-state index in [4.69, 9.17) is 5.73 Å². The van der Waals surface area contributed by atoms with Crippen LogP contribution in [0.4, 0.5) is 0 Å². The number of amides is 1. The Bertz CT molecular complexity index is 191. The predicted octanol–water partition coefficient (Wildman–Crippen LogP) is 0.960. The van der Waals surface area contributed by atoms with Gasteiger partial charge < -0.3 is 11.1 Å². The highest BCUT2D eigenvalue weighted by Gasteiger charge is 2.10. The third-order valence-corrected chi connectivity index (χ3v) is 2.73. The molecule has 3 N–H and O–H groups in total. The summed E-state index contributed by atoms with van der Waals surface area (Å²) in [6, 6.07) is 0.513. The highest BCUT2D eigenvalue weighted by atomic mass is 16.2. The van der Waals surface area contributed by atoms with Gasteiger partial charge in [0.2, 0.25) is 5.91 Å². The van der Waals surface area contributed by atoms with Crippen molar-refractivity contribution in [2.24, 2.45) is 5.73 Å². The first kappa shape index (κ1) is 15.4. The quantitative estimate of drug-likeness (QED) is 0.652. The lowest BCUT2D eigenvalue weighted by atomic mass is 10.2. The van der Waals surface area contributed by atoms with Crippen LogP contribution in [-0.2, 0) is 4.79 Å². The Balaban J connectivity index is 3.77. The second kappa shape index (κ2) is 8.53. The average Bonchev–Trinajstić information content (AvgIpc) is 2.23. The number of carbonyl (C=O) groups excluding carboxylic acids is 1. The first-order valence-electron chi connectivity index (χ1n) is 6.23. The van der Waals surface area contributed by atoms with Crippen LogP contribution >= 0.6 is 0 Å². The van der Waals surface area contributed by atoms with Crippen LogP contribution < -0.4 is 11.1 Å². The Hall–Kier alpha value is -0.610. The lowest BCUT2D eigenvalue weighted by Gasteiger charge is -2.20. The van der Waals surface area contributed by atoms with E-state index in [-0.39, 0.29) is 11.9 Å². The summed E-state index contributed by atoms with van der Waals surface area (Å²) in [7, 11) is 1.95. The van der Waals surface area contributed by atoms with Crippen LogP contribution in [0, 0.1) is 0 Å². The predicted molar refractivity (Wildman–Crippen MR) is 68.3 cm³/mol. The number of hydrogen-bond donors (Lipinski definition) is 2. The molecule has 4 nitrogen and oxygen atoms in total. The number of nitrogens with zero attached hydrogens (tertiary/aromatic N) is 1. The van der Waals surface area contributed by atoms with Crippen LogP contribution in [0.15, 0.2) is 0 Å². The van der Waals surface area contributed by atoms with Crippen LogP contribution in [0.3, 0.4) is 0 Å². The van der Waals surface area contributed by atoms with Crippen LogP contribution in [0.2, 0.25) is 0 Å². The second-order valence-electron chi connectivity index (χ2n) is 4.58. The normalized spacial score (nSPS) is 13.2. The van der Waals surface area contributed by atoms with E-state index in [0.29, 0.717) is 12.6 Å². The van der Waals surface area contributed by atoms with Gasteiger partial charge in [0.1, 0.15) is 0 Å². The smallest absolute Gasteiger partial charge is 0.234 e. The zero-order valence-corrected chi connectivity index (χ0v) is 11.1. The number of hydrogen-bond acceptors (Lipinski definition) is 3. The molecule has 0 rings (SSSR count). The maximum absolute atomic E-state index is 11.6. The fourth-order valence-electron chi connectivity index (χ4n) is 1.51. The third kappa shape index (κ3) is 7.65. The molecule has 0 aromatic rings. The molecule has 1 unspecified atom stereocenters. The van der Waals surface area contributed by atoms with E-state index >= 15 is 0 Å². The van der Waals surface area contributed by atoms with Gasteiger partial charge in [-0.3, -0.25) is 9.69 Å². The van der Waals surface area contributed by atoms with Gasteiger partial charge in [0.05, 0.1) is 6.54 Å². The molecule has 0 saturated carbocycles. The molecular weight excluding hydrogens is 202 g/mol. The summed E-state index contributed by atoms with van der Waals surface area (Å²) in [6.45, 7) is 7.50. The highest BCUT2D eigenvalue weighted by Crippen LogP contribution is 1.96. The van der Waals surface area contributed by atoms with E-state index < -0.39 is 0 Å². The van der Waals surface area contributed by atoms with Gasteiger partial charge in [0, 0.05) is 12.1 Å². The summed E-state index contributed by atoms with van der Waals surface area (Å²) in [4.78, 5) is 13.7. The van der Waals surface area contributed by atoms with Crippen LogP contribution in [0.1, 0.15) is 40.0 Å². The summed E-state index contributed by atoms with van der Waals surface area (Å²) in [5.74, 6) is 0.112. The van der Waals surface area contributed by atoms with Gasteiger partial charge >= 0.3 is 0 Å². The lowest BCUT2D eigenvalue weighted by Crippen LogP contribution is -2.41. The standard InChI is InChI=1S/C12H27N3O/c1-5-11(6-2)14-12(16)9-15(4)8-7-10(3)13/h10-11H,5-9,13H2,1-4H3,(H,14,16). The molecule has 0 aliphatic carbocycles. The largest absolute Gasteiger partial charge is 0.352 e. The van der Waals surface area contributed by atoms with Crippen LogP contribution in [0.25, 0.3) is 0 Å². The maximum Gasteiger partial charge on any atom is 0.234 e. The van der Waals surface area contributed by atoms with Crippen molar-refractivity contribution < 1.29 is 4.79 Å². The van der Waals surface area contributed by atoms with Crippen molar-refractivity contribution >= 4 is 5.91 Å². The van der Waals surface area contributed by atoms with Crippen molar-refractivity contribution in [3.63, 3.8) is 0 Å². The van der Waals surface area contributed by atoms with Crippen molar-refractivity contribution in [3.8, 4) is 0 Å². The fourth-order valence-corrected chi connectivity index (χ4v) is 1.51. The summed E-state index contributed by atoms with van der Waals surface area (Å²) in [5.41, 5.74) is 5.67. The van der Waals surface area contributed by atoms with Crippen molar-refractivity contribution in [2.45, 2.75) is 52.1 Å². The zero-order chi connectivity index (χ0) is 12.6. The maximum atomic E-state index is 11.6. The van der Waals surface area contributed by atoms with E-state index in [1.807, 2.05) is 18.9 Å². The van der Waals surface area contributed by atoms with Crippen molar-refractivity contribution in [3.05, 3.63) is 0 Å². The number of rotatable bonds is 8. The monoisotopic (exact) mass is 229 g/mol. The minimum atomic E-state index is 0.112. The first-order chi connectivity index (χ1) is 7.49. The molecule has 0 aromatic carbocycles. The van der Waals surface area contributed by atoms with E-state index in [1.165, 1.54) is 0 Å². The molecule has 0 aliphatic rings. The molecule has 0 spiro atoms. The van der Waals surface area contributed by atoms with E-state index in [0.717, 1.165) is 25.8 Å². The average molecular weight is 229 g/mol. The van der Waals surface area contributed by atoms with Gasteiger partial charge in [-0.2, -0.15) is 0 Å². The SMILES string of the molecule is CCC(CC)NC(=O)CN(C)CCC(C)N. The van der Waals surface area contributed by atoms with Crippen LogP contribution in [0.5, 0.6) is 0 Å². The number of carbonyl (C=O) groups is 1. The van der Waals surface area contributed by atoms with Crippen molar-refractivity contribution in [1.82, 2.24) is 10.2 Å². The molecule has 0 fully saturated rings. The van der Waals surface area contributed by atoms with Gasteiger partial charge in [-0.05, 0) is 39.8 Å². The number of nitrogens with one attached hydrogen (secondary N) is 1. The Morgan fingerprint density at radius 3 is 2.38 bits per heavy atom. The second-order valence-corrected chi connectivity index (χ2v) is 4.58. The third-order valence-electron chi connectivity index (χ3n) is 2.73. The van der Waals surface area contributed by atoms with Crippen LogP contribution in [-0.4, -0.2) is 43.0 Å². The molecule has 96 valence electrons. The Kier molecular flexibility index (Phi) is 8.21. The molecule has 4 heteroatoms. The minimum absolute atomic E-state index is 0.112. The summed E-state index contributed by atoms with van der Waals surface area (Å²) in [5, 5.41) is 3.02. The van der Waals surface area contributed by atoms with E-state index in [1.54, 1.807) is 0 Å². The fraction of sp³-hybridized carbons (Fsp3) is 0.917. The van der Waals surface area contributed by atoms with E-state index in [2.05, 4.69) is 19.2 Å². The molecule has 16 heavy (non-hydrogen) atoms. The summed E-state index contributed by atoms with van der Waals surface area (Å²) in [6.07, 6.45) is 2.91. The Labute approximate surface area is 99.6 Å². The molecule has 0 heterocycles. The van der Waals surface area contributed by atoms with Gasteiger partial charge in [-0.25, -0.2) is 0 Å². The number of likely N-dealkylation sites (N-methyl/N-ethyl adjacent to an activating group) is 1. The van der Waals surface area contributed by atoms with Gasteiger partial charge in [0.25, 0.3) is 0 Å². The molecule has 0 radical (unpaired) electrons. The minimum Gasteiger partial charge on any atom is -0.352 e. The van der Waals surface area contributed by atoms with E-state index in [9.17, 15) is 4.79 Å². The molecular formula is C12H27N3O. The van der Waals surface area contributed by atoms with Gasteiger partial charge in [-0.1, -0.05) is 13.8 Å². The molecule has 0 bridgehead atoms. The molecule has 1 amide bonds. The summed E-state index contributed by atoms with van der Waals surface area (Å²) < 4.78 is 0. The molecule has 0 saturated heterocycles. The highest BCUT2D eigenvalue weighted by molar-refractivity contribution is 5.78. The number of nitrogens with two attached hydrogens (primary N) is 1. The topological polar surface area (TPSA) is 58.4 Å². The molecule has 0 aromatic heterocycles.